The van der Waals surface area contributed by atoms with Crippen LogP contribution in [0.25, 0.3) is 0 Å². The molecule has 0 aliphatic rings. The first-order valence-corrected chi connectivity index (χ1v) is 11.6. The third kappa shape index (κ3) is 6.58. The van der Waals surface area contributed by atoms with Gasteiger partial charge in [-0.1, -0.05) is 30.3 Å². The Morgan fingerprint density at radius 1 is 0.938 bits per heavy atom. The van der Waals surface area contributed by atoms with E-state index in [9.17, 15) is 18.0 Å². The van der Waals surface area contributed by atoms with E-state index < -0.39 is 28.4 Å². The molecule has 10 heteroatoms. The number of rotatable bonds is 8. The molecule has 0 saturated carbocycles. The topological polar surface area (TPSA) is 114 Å². The minimum absolute atomic E-state index is 0.0664. The Bertz CT molecular complexity index is 1230. The highest BCUT2D eigenvalue weighted by molar-refractivity contribution is 9.10. The summed E-state index contributed by atoms with van der Waals surface area (Å²) < 4.78 is 32.3. The maximum atomic E-state index is 12.2. The van der Waals surface area contributed by atoms with Crippen LogP contribution in [-0.2, 0) is 14.8 Å². The monoisotopic (exact) mass is 515 g/mol. The number of carbonyl (C=O) groups excluding carboxylic acids is 2. The van der Waals surface area contributed by atoms with E-state index in [-0.39, 0.29) is 4.90 Å². The Kier molecular flexibility index (Phi) is 7.87. The number of benzene rings is 3. The van der Waals surface area contributed by atoms with Crippen LogP contribution in [-0.4, -0.2) is 33.1 Å². The van der Waals surface area contributed by atoms with Crippen molar-refractivity contribution in [1.29, 1.82) is 0 Å². The summed E-state index contributed by atoms with van der Waals surface area (Å²) in [4.78, 5) is 24.1. The van der Waals surface area contributed by atoms with Gasteiger partial charge in [0.2, 0.25) is 10.0 Å². The van der Waals surface area contributed by atoms with Crippen LogP contribution in [0, 0.1) is 0 Å². The number of ether oxygens (including phenoxy) is 1. The number of halogens is 1. The van der Waals surface area contributed by atoms with Crippen LogP contribution < -0.4 is 14.9 Å². The van der Waals surface area contributed by atoms with Crippen molar-refractivity contribution in [2.45, 2.75) is 4.90 Å². The third-order valence-electron chi connectivity index (χ3n) is 4.06. The van der Waals surface area contributed by atoms with E-state index in [1.54, 1.807) is 66.7 Å². The molecule has 0 unspecified atom stereocenters. The second-order valence-electron chi connectivity index (χ2n) is 6.37. The van der Waals surface area contributed by atoms with Gasteiger partial charge in [-0.25, -0.2) is 23.4 Å². The minimum atomic E-state index is -3.78. The molecule has 0 heterocycles. The van der Waals surface area contributed by atoms with Crippen molar-refractivity contribution >= 4 is 44.0 Å². The summed E-state index contributed by atoms with van der Waals surface area (Å²) in [6, 6.07) is 21.1. The lowest BCUT2D eigenvalue weighted by atomic mass is 10.2. The fourth-order valence-electron chi connectivity index (χ4n) is 2.47. The highest BCUT2D eigenvalue weighted by atomic mass is 79.9. The molecule has 0 spiro atoms. The number of hydrogen-bond donors (Lipinski definition) is 2. The molecule has 164 valence electrons. The average molecular weight is 516 g/mol. The van der Waals surface area contributed by atoms with Gasteiger partial charge in [0.05, 0.1) is 23.2 Å². The Balaban J connectivity index is 1.49. The fourth-order valence-corrected chi connectivity index (χ4v) is 3.92. The highest BCUT2D eigenvalue weighted by Crippen LogP contribution is 2.19. The van der Waals surface area contributed by atoms with Gasteiger partial charge in [-0.3, -0.25) is 4.79 Å². The molecule has 32 heavy (non-hydrogen) atoms. The fraction of sp³-hybridized carbons (Fsp3) is 0.0455. The molecule has 0 aliphatic heterocycles. The molecule has 3 aromatic rings. The van der Waals surface area contributed by atoms with E-state index >= 15 is 0 Å². The first-order valence-electron chi connectivity index (χ1n) is 9.28. The van der Waals surface area contributed by atoms with Crippen LogP contribution in [0.4, 0.5) is 0 Å². The lowest BCUT2D eigenvalue weighted by molar-refractivity contribution is -0.119. The van der Waals surface area contributed by atoms with Crippen LogP contribution in [0.3, 0.4) is 0 Å². The number of hydrogen-bond acceptors (Lipinski definition) is 6. The number of sulfonamides is 1. The SMILES string of the molecule is O=C(CNS(=O)(=O)c1ccccc1)N/N=C/c1ccc(OC(=O)c2ccccc2Br)cc1. The molecule has 0 aliphatic carbocycles. The summed E-state index contributed by atoms with van der Waals surface area (Å²) in [6.45, 7) is -0.460. The van der Waals surface area contributed by atoms with Gasteiger partial charge in [-0.2, -0.15) is 5.10 Å². The molecule has 3 rings (SSSR count). The maximum Gasteiger partial charge on any atom is 0.344 e. The van der Waals surface area contributed by atoms with Gasteiger partial charge in [0.15, 0.2) is 0 Å². The first-order chi connectivity index (χ1) is 15.3. The number of nitrogens with one attached hydrogen (secondary N) is 2. The van der Waals surface area contributed by atoms with Crippen LogP contribution in [0.5, 0.6) is 5.75 Å². The number of amides is 1. The van der Waals surface area contributed by atoms with Gasteiger partial charge in [0, 0.05) is 4.47 Å². The van der Waals surface area contributed by atoms with E-state index in [2.05, 4.69) is 31.2 Å². The summed E-state index contributed by atoms with van der Waals surface area (Å²) in [5.74, 6) is -0.772. The van der Waals surface area contributed by atoms with Crippen molar-refractivity contribution in [2.24, 2.45) is 5.10 Å². The summed E-state index contributed by atoms with van der Waals surface area (Å²) >= 11 is 3.31. The molecule has 0 radical (unpaired) electrons. The highest BCUT2D eigenvalue weighted by Gasteiger charge is 2.14. The lowest BCUT2D eigenvalue weighted by Gasteiger charge is -2.06. The molecule has 2 N–H and O–H groups in total. The minimum Gasteiger partial charge on any atom is -0.423 e. The molecule has 0 atom stereocenters. The van der Waals surface area contributed by atoms with Crippen molar-refractivity contribution in [3.05, 3.63) is 94.5 Å². The molecule has 0 bridgehead atoms. The third-order valence-corrected chi connectivity index (χ3v) is 6.17. The number of hydrazone groups is 1. The summed E-state index contributed by atoms with van der Waals surface area (Å²) in [5, 5.41) is 3.79. The van der Waals surface area contributed by atoms with Crippen molar-refractivity contribution in [3.8, 4) is 5.75 Å². The Morgan fingerprint density at radius 3 is 2.28 bits per heavy atom. The smallest absolute Gasteiger partial charge is 0.344 e. The van der Waals surface area contributed by atoms with Crippen molar-refractivity contribution in [2.75, 3.05) is 6.54 Å². The van der Waals surface area contributed by atoms with Crippen molar-refractivity contribution in [1.82, 2.24) is 10.1 Å². The average Bonchev–Trinajstić information content (AvgIpc) is 2.80. The molecule has 1 amide bonds. The van der Waals surface area contributed by atoms with Gasteiger partial charge in [-0.05, 0) is 70.0 Å². The summed E-state index contributed by atoms with van der Waals surface area (Å²) in [5.41, 5.74) is 3.28. The molecule has 8 nitrogen and oxygen atoms in total. The molecule has 3 aromatic carbocycles. The molecule has 0 fully saturated rings. The van der Waals surface area contributed by atoms with Crippen molar-refractivity contribution < 1.29 is 22.7 Å². The predicted octanol–water partition coefficient (Wildman–Crippen LogP) is 3.10. The zero-order chi connectivity index (χ0) is 23.0. The zero-order valence-electron chi connectivity index (χ0n) is 16.6. The lowest BCUT2D eigenvalue weighted by Crippen LogP contribution is -2.34. The number of esters is 1. The van der Waals surface area contributed by atoms with E-state index in [0.29, 0.717) is 21.3 Å². The van der Waals surface area contributed by atoms with Crippen LogP contribution in [0.2, 0.25) is 0 Å². The summed E-state index contributed by atoms with van der Waals surface area (Å²) in [7, 11) is -3.78. The zero-order valence-corrected chi connectivity index (χ0v) is 19.0. The Morgan fingerprint density at radius 2 is 1.59 bits per heavy atom. The van der Waals surface area contributed by atoms with E-state index in [1.807, 2.05) is 0 Å². The van der Waals surface area contributed by atoms with Crippen LogP contribution in [0.1, 0.15) is 15.9 Å². The van der Waals surface area contributed by atoms with Gasteiger partial charge in [-0.15, -0.1) is 0 Å². The van der Waals surface area contributed by atoms with Gasteiger partial charge in [0.25, 0.3) is 5.91 Å². The number of nitrogens with zero attached hydrogens (tertiary/aromatic N) is 1. The second-order valence-corrected chi connectivity index (χ2v) is 8.99. The Hall–Kier alpha value is -3.34. The van der Waals surface area contributed by atoms with Gasteiger partial charge < -0.3 is 4.74 Å². The molecule has 0 saturated heterocycles. The largest absolute Gasteiger partial charge is 0.423 e. The predicted molar refractivity (Wildman–Crippen MR) is 123 cm³/mol. The molecular weight excluding hydrogens is 498 g/mol. The molecular formula is C22H18BrN3O5S. The quantitative estimate of drug-likeness (QED) is 0.207. The maximum absolute atomic E-state index is 12.2. The standard InChI is InChI=1S/C22H18BrN3O5S/c23-20-9-5-4-8-19(20)22(28)31-17-12-10-16(11-13-17)14-24-26-21(27)15-25-32(29,30)18-6-2-1-3-7-18/h1-14,25H,15H2,(H,26,27)/b24-14+. The van der Waals surface area contributed by atoms with Crippen molar-refractivity contribution in [3.63, 3.8) is 0 Å². The summed E-state index contributed by atoms with van der Waals surface area (Å²) in [6.07, 6.45) is 1.38. The van der Waals surface area contributed by atoms with Crippen LogP contribution in [0.15, 0.2) is 93.3 Å². The van der Waals surface area contributed by atoms with Gasteiger partial charge >= 0.3 is 5.97 Å². The second kappa shape index (κ2) is 10.8. The molecule has 0 aromatic heterocycles. The van der Waals surface area contributed by atoms with E-state index in [1.165, 1.54) is 18.3 Å². The first kappa shape index (κ1) is 23.3. The normalized spacial score (nSPS) is 11.3. The Labute approximate surface area is 193 Å². The van der Waals surface area contributed by atoms with Crippen LogP contribution >= 0.6 is 15.9 Å². The van der Waals surface area contributed by atoms with Gasteiger partial charge in [0.1, 0.15) is 5.75 Å². The van der Waals surface area contributed by atoms with E-state index in [4.69, 9.17) is 4.74 Å². The number of carbonyl (C=O) groups is 2. The van der Waals surface area contributed by atoms with E-state index in [0.717, 1.165) is 0 Å².